The highest BCUT2D eigenvalue weighted by Crippen LogP contribution is 2.40. The normalized spacial score (nSPS) is 18.5. The zero-order valence-corrected chi connectivity index (χ0v) is 25.2. The van der Waals surface area contributed by atoms with E-state index in [-0.39, 0.29) is 5.82 Å². The summed E-state index contributed by atoms with van der Waals surface area (Å²) in [7, 11) is 2.22. The third kappa shape index (κ3) is 6.10. The fourth-order valence-electron chi connectivity index (χ4n) is 6.34. The van der Waals surface area contributed by atoms with Crippen LogP contribution in [0.4, 0.5) is 38.9 Å². The third-order valence-electron chi connectivity index (χ3n) is 8.77. The quantitative estimate of drug-likeness (QED) is 0.338. The van der Waals surface area contributed by atoms with Crippen LogP contribution in [0, 0.1) is 5.82 Å². The lowest BCUT2D eigenvalue weighted by Gasteiger charge is -2.42. The number of halogens is 1. The molecule has 2 saturated heterocycles. The van der Waals surface area contributed by atoms with Crippen molar-refractivity contribution in [3.8, 4) is 0 Å². The summed E-state index contributed by atoms with van der Waals surface area (Å²) in [6.07, 6.45) is 7.58. The van der Waals surface area contributed by atoms with Crippen molar-refractivity contribution in [3.05, 3.63) is 59.5 Å². The molecule has 10 heteroatoms. The van der Waals surface area contributed by atoms with Crippen LogP contribution in [0.3, 0.4) is 0 Å². The fourth-order valence-corrected chi connectivity index (χ4v) is 7.01. The molecule has 0 radical (unpaired) electrons. The predicted molar refractivity (Wildman–Crippen MR) is 170 cm³/mol. The van der Waals surface area contributed by atoms with Crippen LogP contribution in [0.1, 0.15) is 30.9 Å². The number of hydrogen-bond acceptors (Lipinski definition) is 9. The van der Waals surface area contributed by atoms with Crippen LogP contribution in [0.25, 0.3) is 0 Å². The zero-order valence-electron chi connectivity index (χ0n) is 24.4. The van der Waals surface area contributed by atoms with Gasteiger partial charge in [0.15, 0.2) is 11.6 Å². The first-order valence-corrected chi connectivity index (χ1v) is 16.0. The van der Waals surface area contributed by atoms with Gasteiger partial charge in [-0.3, -0.25) is 4.90 Å². The van der Waals surface area contributed by atoms with Gasteiger partial charge in [-0.2, -0.15) is 4.98 Å². The second kappa shape index (κ2) is 12.4. The van der Waals surface area contributed by atoms with Gasteiger partial charge in [0, 0.05) is 69.5 Å². The van der Waals surface area contributed by atoms with E-state index in [9.17, 15) is 4.39 Å². The lowest BCUT2D eigenvalue weighted by Crippen LogP contribution is -2.52. The molecule has 0 unspecified atom stereocenters. The van der Waals surface area contributed by atoms with Crippen LogP contribution < -0.4 is 19.8 Å². The summed E-state index contributed by atoms with van der Waals surface area (Å²) in [4.78, 5) is 16.4. The molecular formula is C31H41FN8S. The molecule has 8 nitrogen and oxygen atoms in total. The first-order valence-electron chi connectivity index (χ1n) is 14.8. The Morgan fingerprint density at radius 3 is 2.54 bits per heavy atom. The minimum Gasteiger partial charge on any atom is -0.371 e. The lowest BCUT2D eigenvalue weighted by molar-refractivity contribution is 0.0982. The van der Waals surface area contributed by atoms with E-state index in [1.54, 1.807) is 11.9 Å². The summed E-state index contributed by atoms with van der Waals surface area (Å²) in [6.45, 7) is 10.0. The van der Waals surface area contributed by atoms with Gasteiger partial charge in [0.05, 0.1) is 17.6 Å². The summed E-state index contributed by atoms with van der Waals surface area (Å²) >= 11 is 1.68. The average Bonchev–Trinajstić information content (AvgIpc) is 3.44. The molecular weight excluding hydrogens is 535 g/mol. The Morgan fingerprint density at radius 2 is 1.78 bits per heavy atom. The number of piperidine rings is 1. The number of fused-ring (bicyclic) bond motifs is 1. The molecule has 3 aliphatic heterocycles. The number of hydrogen-bond donors (Lipinski definition) is 2. The first kappa shape index (κ1) is 28.1. The number of likely N-dealkylation sites (N-methyl/N-ethyl adjacent to an activating group) is 1. The van der Waals surface area contributed by atoms with E-state index in [0.29, 0.717) is 12.0 Å². The fraction of sp³-hybridized carbons (Fsp3) is 0.484. The Kier molecular flexibility index (Phi) is 8.50. The average molecular weight is 577 g/mol. The molecule has 41 heavy (non-hydrogen) atoms. The molecule has 0 atom stereocenters. The molecule has 3 aromatic rings. The lowest BCUT2D eigenvalue weighted by atomic mass is 10.0. The minimum atomic E-state index is -0.479. The van der Waals surface area contributed by atoms with Gasteiger partial charge in [-0.1, -0.05) is 31.0 Å². The van der Waals surface area contributed by atoms with E-state index in [2.05, 4.69) is 84.1 Å². The molecule has 2 fully saturated rings. The maximum absolute atomic E-state index is 14.8. The Bertz CT molecular complexity index is 1350. The maximum atomic E-state index is 14.8. The van der Waals surface area contributed by atoms with E-state index in [1.807, 2.05) is 12.1 Å². The number of benzene rings is 2. The molecule has 2 N–H and O–H groups in total. The second-order valence-electron chi connectivity index (χ2n) is 11.2. The molecule has 3 aliphatic rings. The van der Waals surface area contributed by atoms with Crippen molar-refractivity contribution in [1.82, 2.24) is 19.8 Å². The SMILES string of the molecule is CCc1cc(N2CCC(N3CCN(C)CC3)CC2)ccc1Nc1ncc(F)c(Nc2cccc3c2N(SC)CC3)n1. The van der Waals surface area contributed by atoms with Gasteiger partial charge in [-0.05, 0) is 68.1 Å². The molecule has 4 heterocycles. The van der Waals surface area contributed by atoms with Crippen LogP contribution in [-0.4, -0.2) is 84.9 Å². The highest BCUT2D eigenvalue weighted by Gasteiger charge is 2.27. The van der Waals surface area contributed by atoms with Crippen molar-refractivity contribution < 1.29 is 4.39 Å². The number of rotatable bonds is 8. The van der Waals surface area contributed by atoms with Crippen LogP contribution in [-0.2, 0) is 12.8 Å². The van der Waals surface area contributed by atoms with Gasteiger partial charge in [-0.25, -0.2) is 9.37 Å². The monoisotopic (exact) mass is 576 g/mol. The van der Waals surface area contributed by atoms with E-state index < -0.39 is 5.82 Å². The summed E-state index contributed by atoms with van der Waals surface area (Å²) < 4.78 is 17.1. The molecule has 218 valence electrons. The van der Waals surface area contributed by atoms with Gasteiger partial charge < -0.3 is 24.7 Å². The zero-order chi connectivity index (χ0) is 28.3. The van der Waals surface area contributed by atoms with Gasteiger partial charge in [0.1, 0.15) is 0 Å². The summed E-state index contributed by atoms with van der Waals surface area (Å²) in [5.74, 6) is 0.0632. The molecule has 2 aromatic carbocycles. The molecule has 0 aliphatic carbocycles. The Morgan fingerprint density at radius 1 is 0.976 bits per heavy atom. The summed E-state index contributed by atoms with van der Waals surface area (Å²) in [5.41, 5.74) is 6.63. The highest BCUT2D eigenvalue weighted by atomic mass is 32.2. The largest absolute Gasteiger partial charge is 0.371 e. The number of piperazine rings is 1. The van der Waals surface area contributed by atoms with Gasteiger partial charge in [-0.15, -0.1) is 0 Å². The van der Waals surface area contributed by atoms with Crippen LogP contribution in [0.5, 0.6) is 0 Å². The number of nitrogens with one attached hydrogen (secondary N) is 2. The van der Waals surface area contributed by atoms with E-state index in [1.165, 1.54) is 62.0 Å². The standard InChI is InChI=1S/C31H41FN8S/c1-4-22-20-25(38-13-11-24(12-14-38)39-18-16-37(2)17-19-39)8-9-27(22)35-31-33-21-26(32)30(36-31)34-28-7-5-6-23-10-15-40(41-3)29(23)28/h5-9,20-21,24H,4,10-19H2,1-3H3,(H2,33,34,35,36). The number of nitrogens with zero attached hydrogens (tertiary/aromatic N) is 6. The third-order valence-corrected chi connectivity index (χ3v) is 9.58. The Balaban J connectivity index is 1.14. The van der Waals surface area contributed by atoms with Crippen molar-refractivity contribution >= 4 is 46.5 Å². The van der Waals surface area contributed by atoms with Crippen molar-refractivity contribution in [2.45, 2.75) is 38.6 Å². The predicted octanol–water partition coefficient (Wildman–Crippen LogP) is 5.52. The molecule has 0 bridgehead atoms. The van der Waals surface area contributed by atoms with E-state index in [4.69, 9.17) is 0 Å². The molecule has 0 saturated carbocycles. The number of anilines is 6. The summed E-state index contributed by atoms with van der Waals surface area (Å²) in [6, 6.07) is 13.4. The van der Waals surface area contributed by atoms with Gasteiger partial charge >= 0.3 is 0 Å². The molecule has 0 amide bonds. The molecule has 0 spiro atoms. The van der Waals surface area contributed by atoms with Crippen molar-refractivity contribution in [3.63, 3.8) is 0 Å². The topological polar surface area (TPSA) is 62.8 Å². The van der Waals surface area contributed by atoms with Crippen LogP contribution >= 0.6 is 11.9 Å². The van der Waals surface area contributed by atoms with Crippen molar-refractivity contribution in [2.75, 3.05) is 79.0 Å². The Labute approximate surface area is 247 Å². The number of aryl methyl sites for hydroxylation is 1. The minimum absolute atomic E-state index is 0.168. The number of aromatic nitrogens is 2. The van der Waals surface area contributed by atoms with Crippen molar-refractivity contribution in [1.29, 1.82) is 0 Å². The van der Waals surface area contributed by atoms with Crippen LogP contribution in [0.15, 0.2) is 42.6 Å². The first-order chi connectivity index (χ1) is 20.0. The van der Waals surface area contributed by atoms with Crippen LogP contribution in [0.2, 0.25) is 0 Å². The Hall–Kier alpha value is -3.08. The summed E-state index contributed by atoms with van der Waals surface area (Å²) in [5, 5.41) is 6.60. The van der Waals surface area contributed by atoms with Crippen molar-refractivity contribution in [2.24, 2.45) is 0 Å². The van der Waals surface area contributed by atoms with Gasteiger partial charge in [0.25, 0.3) is 0 Å². The van der Waals surface area contributed by atoms with E-state index >= 15 is 0 Å². The van der Waals surface area contributed by atoms with E-state index in [0.717, 1.165) is 49.5 Å². The smallest absolute Gasteiger partial charge is 0.229 e. The number of para-hydroxylation sites is 1. The molecule has 6 rings (SSSR count). The highest BCUT2D eigenvalue weighted by molar-refractivity contribution is 8.00. The second-order valence-corrected chi connectivity index (χ2v) is 12.0. The van der Waals surface area contributed by atoms with Gasteiger partial charge in [0.2, 0.25) is 5.95 Å². The maximum Gasteiger partial charge on any atom is 0.229 e. The molecule has 1 aromatic heterocycles.